The minimum atomic E-state index is -0.624. The highest BCUT2D eigenvalue weighted by atomic mass is 35.5. The first-order chi connectivity index (χ1) is 18.7. The molecule has 2 aliphatic heterocycles. The molecular weight excluding hydrogens is 537 g/mol. The number of anilines is 2. The Bertz CT molecular complexity index is 1150. The fourth-order valence-electron chi connectivity index (χ4n) is 6.14. The highest BCUT2D eigenvalue weighted by Crippen LogP contribution is 2.38. The molecule has 1 aliphatic carbocycles. The number of likely N-dealkylation sites (tertiary alicyclic amines) is 1. The van der Waals surface area contributed by atoms with Crippen molar-refractivity contribution < 1.29 is 14.7 Å². The van der Waals surface area contributed by atoms with E-state index in [4.69, 9.17) is 37.8 Å². The van der Waals surface area contributed by atoms with Crippen molar-refractivity contribution in [3.05, 3.63) is 45.6 Å². The summed E-state index contributed by atoms with van der Waals surface area (Å²) in [7, 11) is 0. The van der Waals surface area contributed by atoms with E-state index in [1.165, 1.54) is 38.8 Å². The smallest absolute Gasteiger partial charge is 0.373 e. The maximum absolute atomic E-state index is 10.6. The molecule has 0 amide bonds. The van der Waals surface area contributed by atoms with Crippen molar-refractivity contribution in [2.75, 3.05) is 36.4 Å². The van der Waals surface area contributed by atoms with E-state index in [0.29, 0.717) is 33.8 Å². The van der Waals surface area contributed by atoms with Crippen LogP contribution in [0.25, 0.3) is 0 Å². The van der Waals surface area contributed by atoms with Crippen molar-refractivity contribution in [2.45, 2.75) is 71.1 Å². The Labute approximate surface area is 241 Å². The molecule has 212 valence electrons. The van der Waals surface area contributed by atoms with E-state index in [9.17, 15) is 5.11 Å². The van der Waals surface area contributed by atoms with Crippen LogP contribution in [0.1, 0.15) is 76.1 Å². The van der Waals surface area contributed by atoms with Crippen molar-refractivity contribution in [3.63, 3.8) is 0 Å². The lowest BCUT2D eigenvalue weighted by molar-refractivity contribution is -0.191. The minimum absolute atomic E-state index is 0.105. The third-order valence-corrected chi connectivity index (χ3v) is 9.11. The molecule has 39 heavy (non-hydrogen) atoms. The predicted molar refractivity (Wildman–Crippen MR) is 153 cm³/mol. The van der Waals surface area contributed by atoms with Gasteiger partial charge in [-0.3, -0.25) is 0 Å². The molecule has 10 heteroatoms. The Hall–Kier alpha value is -2.22. The largest absolute Gasteiger partial charge is 0.388 e. The second-order valence-corrected chi connectivity index (χ2v) is 12.1. The van der Waals surface area contributed by atoms with Gasteiger partial charge in [-0.1, -0.05) is 43.1 Å². The van der Waals surface area contributed by atoms with E-state index in [1.807, 2.05) is 26.0 Å². The number of aliphatic hydroxyl groups is 1. The van der Waals surface area contributed by atoms with Gasteiger partial charge in [-0.05, 0) is 81.0 Å². The first kappa shape index (κ1) is 29.8. The summed E-state index contributed by atoms with van der Waals surface area (Å²) in [5.41, 5.74) is 1.65. The summed E-state index contributed by atoms with van der Waals surface area (Å²) in [6.07, 6.45) is 7.42. The monoisotopic (exact) mass is 575 g/mol. The van der Waals surface area contributed by atoms with Gasteiger partial charge in [0.05, 0.1) is 12.1 Å². The maximum Gasteiger partial charge on any atom is 0.373 e. The van der Waals surface area contributed by atoms with Gasteiger partial charge in [0.15, 0.2) is 0 Å². The van der Waals surface area contributed by atoms with Crippen molar-refractivity contribution in [1.82, 2.24) is 14.9 Å². The number of aromatic nitrogens is 2. The molecular formula is C29H39Cl2N5O3. The molecule has 2 saturated heterocycles. The van der Waals surface area contributed by atoms with Gasteiger partial charge in [0.1, 0.15) is 5.82 Å². The number of hydrogen-bond acceptors (Lipinski definition) is 8. The molecule has 1 aromatic carbocycles. The lowest BCUT2D eigenvalue weighted by atomic mass is 9.76. The molecule has 3 fully saturated rings. The summed E-state index contributed by atoms with van der Waals surface area (Å²) in [5.74, 6) is 3.78. The molecule has 5 rings (SSSR count). The van der Waals surface area contributed by atoms with Crippen LogP contribution in [-0.4, -0.2) is 58.3 Å². The van der Waals surface area contributed by atoms with Gasteiger partial charge in [-0.15, -0.1) is 0 Å². The second-order valence-electron chi connectivity index (χ2n) is 11.3. The topological polar surface area (TPSA) is 98.7 Å². The zero-order valence-electron chi connectivity index (χ0n) is 22.9. The molecule has 2 aromatic rings. The van der Waals surface area contributed by atoms with E-state index in [1.54, 1.807) is 12.3 Å². The first-order valence-electron chi connectivity index (χ1n) is 14.0. The SMILES string of the molecule is CCC(O)c1cnc(N2CC([C@H]3CCCN(C4CC(C)C4)C3)C2)nc1N[C@H](C)c1ccc(Cl)cc1Cl.O=C=O. The molecule has 1 unspecified atom stereocenters. The van der Waals surface area contributed by atoms with Gasteiger partial charge >= 0.3 is 6.15 Å². The molecule has 1 aromatic heterocycles. The predicted octanol–water partition coefficient (Wildman–Crippen LogP) is 5.76. The quantitative estimate of drug-likeness (QED) is 0.409. The van der Waals surface area contributed by atoms with Gasteiger partial charge in [0, 0.05) is 47.5 Å². The van der Waals surface area contributed by atoms with Crippen LogP contribution < -0.4 is 10.2 Å². The average molecular weight is 577 g/mol. The van der Waals surface area contributed by atoms with Crippen molar-refractivity contribution >= 4 is 41.1 Å². The lowest BCUT2D eigenvalue weighted by Gasteiger charge is -2.50. The van der Waals surface area contributed by atoms with Gasteiger partial charge < -0.3 is 20.2 Å². The van der Waals surface area contributed by atoms with Crippen molar-refractivity contribution in [2.24, 2.45) is 17.8 Å². The molecule has 3 aliphatic rings. The van der Waals surface area contributed by atoms with E-state index < -0.39 is 6.10 Å². The zero-order valence-corrected chi connectivity index (χ0v) is 24.5. The summed E-state index contributed by atoms with van der Waals surface area (Å²) in [5, 5.41) is 15.3. The van der Waals surface area contributed by atoms with Crippen molar-refractivity contribution in [1.29, 1.82) is 0 Å². The normalized spacial score (nSPS) is 24.9. The van der Waals surface area contributed by atoms with E-state index >= 15 is 0 Å². The van der Waals surface area contributed by atoms with Crippen LogP contribution in [0.15, 0.2) is 24.4 Å². The number of rotatable bonds is 8. The van der Waals surface area contributed by atoms with E-state index in [2.05, 4.69) is 27.0 Å². The Morgan fingerprint density at radius 1 is 1.15 bits per heavy atom. The standard InChI is InChI=1S/C28H39Cl2N5O.CO2/c1-4-26(36)24-13-31-28(33-27(24)32-18(3)23-8-7-21(29)12-25(23)30)35-15-20(16-35)19-6-5-9-34(14-19)22-10-17(2)11-22;2-1-3/h7-8,12-13,17-20,22,26,36H,4-6,9-11,14-16H2,1-3H3,(H,31,32,33);/t17?,18-,19+,22?,26?;/m1./s1. The molecule has 1 saturated carbocycles. The van der Waals surface area contributed by atoms with E-state index in [-0.39, 0.29) is 12.2 Å². The molecule has 0 bridgehead atoms. The Morgan fingerprint density at radius 3 is 2.51 bits per heavy atom. The van der Waals surface area contributed by atoms with Gasteiger partial charge in [-0.25, -0.2) is 4.98 Å². The van der Waals surface area contributed by atoms with Crippen LogP contribution in [0.4, 0.5) is 11.8 Å². The third-order valence-electron chi connectivity index (χ3n) is 8.55. The fraction of sp³-hybridized carbons (Fsp3) is 0.621. The van der Waals surface area contributed by atoms with E-state index in [0.717, 1.165) is 42.5 Å². The Balaban J connectivity index is 0.00000112. The average Bonchev–Trinajstić information content (AvgIpc) is 2.86. The van der Waals surface area contributed by atoms with Crippen LogP contribution in [0.2, 0.25) is 10.0 Å². The lowest BCUT2D eigenvalue weighted by Crippen LogP contribution is -2.56. The van der Waals surface area contributed by atoms with Crippen LogP contribution >= 0.6 is 23.2 Å². The van der Waals surface area contributed by atoms with Crippen molar-refractivity contribution in [3.8, 4) is 0 Å². The number of nitrogens with zero attached hydrogens (tertiary/aromatic N) is 4. The molecule has 8 nitrogen and oxygen atoms in total. The number of carbonyl (C=O) groups excluding carboxylic acids is 2. The molecule has 0 spiro atoms. The van der Waals surface area contributed by atoms with Gasteiger partial charge in [-0.2, -0.15) is 14.6 Å². The number of benzene rings is 1. The van der Waals surface area contributed by atoms with Gasteiger partial charge in [0.25, 0.3) is 0 Å². The zero-order chi connectivity index (χ0) is 28.1. The number of hydrogen-bond donors (Lipinski definition) is 2. The summed E-state index contributed by atoms with van der Waals surface area (Å²) in [6, 6.07) is 6.24. The van der Waals surface area contributed by atoms with Gasteiger partial charge in [0.2, 0.25) is 5.95 Å². The fourth-order valence-corrected chi connectivity index (χ4v) is 6.71. The molecule has 2 N–H and O–H groups in total. The van der Waals surface area contributed by atoms with Crippen LogP contribution in [-0.2, 0) is 9.59 Å². The Kier molecular flexibility index (Phi) is 10.2. The molecule has 0 radical (unpaired) electrons. The number of nitrogens with one attached hydrogen (secondary N) is 1. The molecule has 3 atom stereocenters. The molecule has 3 heterocycles. The summed E-state index contributed by atoms with van der Waals surface area (Å²) >= 11 is 12.5. The highest BCUT2D eigenvalue weighted by Gasteiger charge is 2.40. The third kappa shape index (κ3) is 7.11. The number of halogens is 2. The Morgan fingerprint density at radius 2 is 1.87 bits per heavy atom. The number of aliphatic hydroxyl groups excluding tert-OH is 1. The maximum atomic E-state index is 10.6. The van der Waals surface area contributed by atoms with Crippen LogP contribution in [0, 0.1) is 17.8 Å². The summed E-state index contributed by atoms with van der Waals surface area (Å²) in [4.78, 5) is 30.8. The van der Waals surface area contributed by atoms with Crippen LogP contribution in [0.5, 0.6) is 0 Å². The first-order valence-corrected chi connectivity index (χ1v) is 14.7. The summed E-state index contributed by atoms with van der Waals surface area (Å²) in [6.45, 7) is 10.9. The minimum Gasteiger partial charge on any atom is -0.388 e. The second kappa shape index (κ2) is 13.4. The van der Waals surface area contributed by atoms with Crippen LogP contribution in [0.3, 0.4) is 0 Å². The number of piperidine rings is 1. The summed E-state index contributed by atoms with van der Waals surface area (Å²) < 4.78 is 0. The highest BCUT2D eigenvalue weighted by molar-refractivity contribution is 6.35.